The van der Waals surface area contributed by atoms with E-state index in [1.165, 1.54) is 12.1 Å². The maximum atomic E-state index is 9.30. The molecule has 0 saturated heterocycles. The van der Waals surface area contributed by atoms with Crippen LogP contribution in [0.5, 0.6) is 11.5 Å². The Bertz CT molecular complexity index is 387. The number of nitrogens with zero attached hydrogens (tertiary/aromatic N) is 1. The Morgan fingerprint density at radius 1 is 1.44 bits per heavy atom. The van der Waals surface area contributed by atoms with E-state index in [0.29, 0.717) is 18.7 Å². The van der Waals surface area contributed by atoms with Gasteiger partial charge in [0.25, 0.3) is 0 Å². The van der Waals surface area contributed by atoms with E-state index >= 15 is 0 Å². The fourth-order valence-electron chi connectivity index (χ4n) is 1.26. The number of benzene rings is 1. The van der Waals surface area contributed by atoms with E-state index in [4.69, 9.17) is 15.1 Å². The Morgan fingerprint density at radius 2 is 2.19 bits per heavy atom. The maximum Gasteiger partial charge on any atom is 0.157 e. The van der Waals surface area contributed by atoms with E-state index in [-0.39, 0.29) is 11.5 Å². The monoisotopic (exact) mass is 222 g/mol. The molecule has 0 saturated carbocycles. The molecule has 0 spiro atoms. The van der Waals surface area contributed by atoms with Gasteiger partial charge in [-0.2, -0.15) is 5.26 Å². The SMILES string of the molecule is COCCNC(C#N)c1ccc(O)c(O)c1. The second kappa shape index (κ2) is 5.95. The van der Waals surface area contributed by atoms with E-state index in [1.54, 1.807) is 13.2 Å². The molecule has 1 aromatic carbocycles. The molecule has 0 aliphatic heterocycles. The highest BCUT2D eigenvalue weighted by molar-refractivity contribution is 5.42. The van der Waals surface area contributed by atoms with Crippen LogP contribution in [0.4, 0.5) is 0 Å². The third kappa shape index (κ3) is 3.12. The van der Waals surface area contributed by atoms with Crippen LogP contribution in [0.2, 0.25) is 0 Å². The molecule has 1 rings (SSSR count). The van der Waals surface area contributed by atoms with Crippen LogP contribution in [0.3, 0.4) is 0 Å². The summed E-state index contributed by atoms with van der Waals surface area (Å²) in [4.78, 5) is 0. The molecule has 0 aromatic heterocycles. The van der Waals surface area contributed by atoms with E-state index < -0.39 is 6.04 Å². The molecule has 5 nitrogen and oxygen atoms in total. The fourth-order valence-corrected chi connectivity index (χ4v) is 1.26. The molecule has 1 atom stereocenters. The minimum absolute atomic E-state index is 0.197. The zero-order valence-electron chi connectivity index (χ0n) is 8.97. The molecule has 0 aliphatic carbocycles. The van der Waals surface area contributed by atoms with Gasteiger partial charge in [0.15, 0.2) is 11.5 Å². The number of hydrogen-bond donors (Lipinski definition) is 3. The number of nitriles is 1. The summed E-state index contributed by atoms with van der Waals surface area (Å²) in [5.41, 5.74) is 0.605. The van der Waals surface area contributed by atoms with Crippen LogP contribution >= 0.6 is 0 Å². The summed E-state index contributed by atoms with van der Waals surface area (Å²) >= 11 is 0. The van der Waals surface area contributed by atoms with Gasteiger partial charge in [0.05, 0.1) is 12.7 Å². The molecule has 1 aromatic rings. The first-order valence-corrected chi connectivity index (χ1v) is 4.83. The third-order valence-electron chi connectivity index (χ3n) is 2.12. The molecule has 0 aliphatic rings. The summed E-state index contributed by atoms with van der Waals surface area (Å²) in [5.74, 6) is -0.427. The molecule has 0 heterocycles. The van der Waals surface area contributed by atoms with Crippen molar-refractivity contribution >= 4 is 0 Å². The molecule has 0 amide bonds. The number of hydrogen-bond acceptors (Lipinski definition) is 5. The number of methoxy groups -OCH3 is 1. The van der Waals surface area contributed by atoms with Crippen LogP contribution in [-0.4, -0.2) is 30.5 Å². The highest BCUT2D eigenvalue weighted by Crippen LogP contribution is 2.27. The zero-order valence-corrected chi connectivity index (χ0v) is 8.97. The van der Waals surface area contributed by atoms with Crippen LogP contribution in [0.1, 0.15) is 11.6 Å². The number of phenolic OH excluding ortho intramolecular Hbond substituents is 2. The highest BCUT2D eigenvalue weighted by atomic mass is 16.5. The van der Waals surface area contributed by atoms with Crippen LogP contribution in [0.25, 0.3) is 0 Å². The van der Waals surface area contributed by atoms with Crippen molar-refractivity contribution in [2.24, 2.45) is 0 Å². The normalized spacial score (nSPS) is 12.0. The average Bonchev–Trinajstić information content (AvgIpc) is 2.29. The van der Waals surface area contributed by atoms with Gasteiger partial charge in [-0.1, -0.05) is 6.07 Å². The average molecular weight is 222 g/mol. The zero-order chi connectivity index (χ0) is 12.0. The van der Waals surface area contributed by atoms with Crippen molar-refractivity contribution in [3.8, 4) is 17.6 Å². The lowest BCUT2D eigenvalue weighted by Gasteiger charge is -2.12. The molecule has 1 unspecified atom stereocenters. The summed E-state index contributed by atoms with van der Waals surface area (Å²) in [6.07, 6.45) is 0. The number of rotatable bonds is 5. The van der Waals surface area contributed by atoms with Crippen molar-refractivity contribution in [1.82, 2.24) is 5.32 Å². The topological polar surface area (TPSA) is 85.5 Å². The van der Waals surface area contributed by atoms with Crippen molar-refractivity contribution in [3.05, 3.63) is 23.8 Å². The van der Waals surface area contributed by atoms with Gasteiger partial charge in [0.1, 0.15) is 6.04 Å². The quantitative estimate of drug-likeness (QED) is 0.509. The lowest BCUT2D eigenvalue weighted by molar-refractivity contribution is 0.198. The first kappa shape index (κ1) is 12.3. The number of nitrogens with one attached hydrogen (secondary N) is 1. The van der Waals surface area contributed by atoms with E-state index in [1.807, 2.05) is 0 Å². The number of aromatic hydroxyl groups is 2. The van der Waals surface area contributed by atoms with Gasteiger partial charge in [-0.25, -0.2) is 0 Å². The minimum Gasteiger partial charge on any atom is -0.504 e. The number of ether oxygens (including phenoxy) is 1. The van der Waals surface area contributed by atoms with E-state index in [2.05, 4.69) is 11.4 Å². The predicted molar refractivity (Wildman–Crippen MR) is 58.0 cm³/mol. The largest absolute Gasteiger partial charge is 0.504 e. The van der Waals surface area contributed by atoms with Crippen LogP contribution in [0, 0.1) is 11.3 Å². The summed E-state index contributed by atoms with van der Waals surface area (Å²) in [7, 11) is 1.58. The Kier molecular flexibility index (Phi) is 4.58. The Labute approximate surface area is 93.9 Å². The first-order valence-electron chi connectivity index (χ1n) is 4.83. The Balaban J connectivity index is 2.72. The van der Waals surface area contributed by atoms with Crippen LogP contribution < -0.4 is 5.32 Å². The van der Waals surface area contributed by atoms with Crippen molar-refractivity contribution < 1.29 is 14.9 Å². The second-order valence-corrected chi connectivity index (χ2v) is 3.26. The van der Waals surface area contributed by atoms with Crippen molar-refractivity contribution in [3.63, 3.8) is 0 Å². The molecule has 0 radical (unpaired) electrons. The van der Waals surface area contributed by atoms with Crippen LogP contribution in [-0.2, 0) is 4.74 Å². The summed E-state index contributed by atoms with van der Waals surface area (Å²) < 4.78 is 4.85. The van der Waals surface area contributed by atoms with Gasteiger partial charge >= 0.3 is 0 Å². The molecular weight excluding hydrogens is 208 g/mol. The predicted octanol–water partition coefficient (Wildman–Crippen LogP) is 0.898. The molecule has 86 valence electrons. The summed E-state index contributed by atoms with van der Waals surface area (Å²) in [6.45, 7) is 1.04. The van der Waals surface area contributed by atoms with Crippen LogP contribution in [0.15, 0.2) is 18.2 Å². The molecule has 3 N–H and O–H groups in total. The molecular formula is C11H14N2O3. The number of phenols is 2. The smallest absolute Gasteiger partial charge is 0.157 e. The van der Waals surface area contributed by atoms with E-state index in [0.717, 1.165) is 0 Å². The lowest BCUT2D eigenvalue weighted by atomic mass is 10.1. The highest BCUT2D eigenvalue weighted by Gasteiger charge is 2.11. The van der Waals surface area contributed by atoms with Gasteiger partial charge in [-0.3, -0.25) is 5.32 Å². The van der Waals surface area contributed by atoms with Gasteiger partial charge in [0.2, 0.25) is 0 Å². The fraction of sp³-hybridized carbons (Fsp3) is 0.364. The summed E-state index contributed by atoms with van der Waals surface area (Å²) in [6, 6.07) is 5.84. The molecule has 16 heavy (non-hydrogen) atoms. The van der Waals surface area contributed by atoms with Crippen molar-refractivity contribution in [2.45, 2.75) is 6.04 Å². The first-order chi connectivity index (χ1) is 7.69. The summed E-state index contributed by atoms with van der Waals surface area (Å²) in [5, 5.41) is 30.3. The van der Waals surface area contributed by atoms with Gasteiger partial charge < -0.3 is 14.9 Å². The van der Waals surface area contributed by atoms with Gasteiger partial charge in [-0.15, -0.1) is 0 Å². The third-order valence-corrected chi connectivity index (χ3v) is 2.12. The lowest BCUT2D eigenvalue weighted by Crippen LogP contribution is -2.23. The maximum absolute atomic E-state index is 9.30. The van der Waals surface area contributed by atoms with Gasteiger partial charge in [0, 0.05) is 13.7 Å². The molecule has 0 fully saturated rings. The Morgan fingerprint density at radius 3 is 2.75 bits per heavy atom. The standard InChI is InChI=1S/C11H14N2O3/c1-16-5-4-13-9(7-12)8-2-3-10(14)11(15)6-8/h2-3,6,9,13-15H,4-5H2,1H3. The molecule has 5 heteroatoms. The second-order valence-electron chi connectivity index (χ2n) is 3.26. The van der Waals surface area contributed by atoms with Crippen molar-refractivity contribution in [1.29, 1.82) is 5.26 Å². The molecule has 0 bridgehead atoms. The van der Waals surface area contributed by atoms with E-state index in [9.17, 15) is 5.11 Å². The van der Waals surface area contributed by atoms with Gasteiger partial charge in [-0.05, 0) is 17.7 Å². The van der Waals surface area contributed by atoms with Crippen molar-refractivity contribution in [2.75, 3.05) is 20.3 Å². The minimum atomic E-state index is -0.526. The Hall–Kier alpha value is -1.77.